The van der Waals surface area contributed by atoms with E-state index in [0.717, 1.165) is 5.76 Å². The van der Waals surface area contributed by atoms with E-state index in [-0.39, 0.29) is 5.91 Å². The second-order valence-electron chi connectivity index (χ2n) is 3.55. The van der Waals surface area contributed by atoms with E-state index in [2.05, 4.69) is 5.32 Å². The molecule has 0 saturated heterocycles. The highest BCUT2D eigenvalue weighted by Gasteiger charge is 2.30. The molecule has 1 atom stereocenters. The van der Waals surface area contributed by atoms with Crippen molar-refractivity contribution in [3.63, 3.8) is 0 Å². The molecule has 1 unspecified atom stereocenters. The van der Waals surface area contributed by atoms with Crippen LogP contribution in [0.25, 0.3) is 0 Å². The lowest BCUT2D eigenvalue weighted by Crippen LogP contribution is -2.45. The normalized spacial score (nSPS) is 14.6. The molecular formula is C11H17NO3. The molecule has 0 aliphatic rings. The predicted molar refractivity (Wildman–Crippen MR) is 56.3 cm³/mol. The quantitative estimate of drug-likeness (QED) is 0.806. The highest BCUT2D eigenvalue weighted by molar-refractivity contribution is 5.84. The zero-order valence-corrected chi connectivity index (χ0v) is 9.37. The Balaban J connectivity index is 2.48. The molecule has 15 heavy (non-hydrogen) atoms. The summed E-state index contributed by atoms with van der Waals surface area (Å²) in [4.78, 5) is 11.7. The molecule has 0 saturated carbocycles. The van der Waals surface area contributed by atoms with Gasteiger partial charge in [0.1, 0.15) is 11.4 Å². The highest BCUT2D eigenvalue weighted by atomic mass is 16.5. The highest BCUT2D eigenvalue weighted by Crippen LogP contribution is 2.14. The lowest BCUT2D eigenvalue weighted by molar-refractivity contribution is -0.142. The summed E-state index contributed by atoms with van der Waals surface area (Å²) in [5, 5.41) is 2.77. The molecule has 0 fully saturated rings. The number of rotatable bonds is 5. The molecule has 84 valence electrons. The molecule has 1 aromatic heterocycles. The molecule has 0 bridgehead atoms. The first kappa shape index (κ1) is 11.8. The van der Waals surface area contributed by atoms with Crippen LogP contribution in [0.1, 0.15) is 26.0 Å². The zero-order chi connectivity index (χ0) is 11.3. The Hall–Kier alpha value is -1.29. The third-order valence-electron chi connectivity index (χ3n) is 2.61. The molecule has 1 aromatic rings. The van der Waals surface area contributed by atoms with Gasteiger partial charge in [0.25, 0.3) is 5.91 Å². The molecule has 0 radical (unpaired) electrons. The van der Waals surface area contributed by atoms with Gasteiger partial charge >= 0.3 is 0 Å². The van der Waals surface area contributed by atoms with E-state index < -0.39 is 5.60 Å². The minimum atomic E-state index is -0.757. The number of hydrogen-bond donors (Lipinski definition) is 1. The van der Waals surface area contributed by atoms with Crippen molar-refractivity contribution < 1.29 is 13.9 Å². The first-order chi connectivity index (χ1) is 7.12. The van der Waals surface area contributed by atoms with E-state index in [0.29, 0.717) is 13.0 Å². The molecular weight excluding hydrogens is 194 g/mol. The van der Waals surface area contributed by atoms with Gasteiger partial charge in [0.15, 0.2) is 0 Å². The van der Waals surface area contributed by atoms with Gasteiger partial charge in [0, 0.05) is 7.11 Å². The Morgan fingerprint density at radius 2 is 2.40 bits per heavy atom. The zero-order valence-electron chi connectivity index (χ0n) is 9.37. The standard InChI is InChI=1S/C11H17NO3/c1-4-11(2,14-3)10(13)12-8-9-6-5-7-15-9/h5-7H,4,8H2,1-3H3,(H,12,13). The lowest BCUT2D eigenvalue weighted by atomic mass is 10.0. The Labute approximate surface area is 89.6 Å². The maximum absolute atomic E-state index is 11.7. The van der Waals surface area contributed by atoms with Gasteiger partial charge in [0.2, 0.25) is 0 Å². The van der Waals surface area contributed by atoms with Crippen molar-refractivity contribution in [2.45, 2.75) is 32.4 Å². The SMILES string of the molecule is CCC(C)(OC)C(=O)NCc1ccco1. The fraction of sp³-hybridized carbons (Fsp3) is 0.545. The summed E-state index contributed by atoms with van der Waals surface area (Å²) in [6.07, 6.45) is 2.21. The molecule has 1 heterocycles. The summed E-state index contributed by atoms with van der Waals surface area (Å²) >= 11 is 0. The van der Waals surface area contributed by atoms with Gasteiger partial charge in [-0.2, -0.15) is 0 Å². The van der Waals surface area contributed by atoms with Crippen molar-refractivity contribution >= 4 is 5.91 Å². The fourth-order valence-corrected chi connectivity index (χ4v) is 1.17. The Kier molecular flexibility index (Phi) is 3.91. The largest absolute Gasteiger partial charge is 0.467 e. The molecule has 0 spiro atoms. The number of carbonyl (C=O) groups excluding carboxylic acids is 1. The van der Waals surface area contributed by atoms with Crippen molar-refractivity contribution in [1.82, 2.24) is 5.32 Å². The second-order valence-corrected chi connectivity index (χ2v) is 3.55. The van der Waals surface area contributed by atoms with Gasteiger partial charge in [-0.05, 0) is 25.5 Å². The summed E-state index contributed by atoms with van der Waals surface area (Å²) in [7, 11) is 1.54. The maximum Gasteiger partial charge on any atom is 0.252 e. The van der Waals surface area contributed by atoms with Crippen LogP contribution in [0, 0.1) is 0 Å². The van der Waals surface area contributed by atoms with E-state index in [1.54, 1.807) is 19.3 Å². The van der Waals surface area contributed by atoms with Crippen molar-refractivity contribution in [1.29, 1.82) is 0 Å². The number of nitrogens with one attached hydrogen (secondary N) is 1. The average Bonchev–Trinajstić information content (AvgIpc) is 2.77. The third kappa shape index (κ3) is 2.83. The van der Waals surface area contributed by atoms with E-state index in [9.17, 15) is 4.79 Å². The Morgan fingerprint density at radius 3 is 2.87 bits per heavy atom. The Morgan fingerprint density at radius 1 is 1.67 bits per heavy atom. The van der Waals surface area contributed by atoms with Gasteiger partial charge in [-0.3, -0.25) is 4.79 Å². The minimum absolute atomic E-state index is 0.121. The van der Waals surface area contributed by atoms with Crippen LogP contribution in [0.15, 0.2) is 22.8 Å². The lowest BCUT2D eigenvalue weighted by Gasteiger charge is -2.24. The van der Waals surface area contributed by atoms with Gasteiger partial charge < -0.3 is 14.5 Å². The van der Waals surface area contributed by atoms with Crippen LogP contribution in [-0.4, -0.2) is 18.6 Å². The van der Waals surface area contributed by atoms with E-state index in [1.165, 1.54) is 7.11 Å². The van der Waals surface area contributed by atoms with Crippen LogP contribution in [0.4, 0.5) is 0 Å². The van der Waals surface area contributed by atoms with Crippen molar-refractivity contribution in [2.75, 3.05) is 7.11 Å². The molecule has 0 aliphatic carbocycles. The topological polar surface area (TPSA) is 51.5 Å². The van der Waals surface area contributed by atoms with Crippen molar-refractivity contribution in [2.24, 2.45) is 0 Å². The molecule has 1 amide bonds. The smallest absolute Gasteiger partial charge is 0.252 e. The van der Waals surface area contributed by atoms with Gasteiger partial charge in [-0.1, -0.05) is 6.92 Å². The second kappa shape index (κ2) is 4.98. The summed E-state index contributed by atoms with van der Waals surface area (Å²) in [6.45, 7) is 4.07. The van der Waals surface area contributed by atoms with Crippen LogP contribution in [-0.2, 0) is 16.1 Å². The molecule has 0 aromatic carbocycles. The maximum atomic E-state index is 11.7. The molecule has 1 rings (SSSR count). The molecule has 4 nitrogen and oxygen atoms in total. The number of ether oxygens (including phenoxy) is 1. The number of furan rings is 1. The van der Waals surface area contributed by atoms with Crippen LogP contribution >= 0.6 is 0 Å². The van der Waals surface area contributed by atoms with Gasteiger partial charge in [0.05, 0.1) is 12.8 Å². The summed E-state index contributed by atoms with van der Waals surface area (Å²) in [6, 6.07) is 3.60. The monoisotopic (exact) mass is 211 g/mol. The summed E-state index contributed by atoms with van der Waals surface area (Å²) < 4.78 is 10.3. The Bertz CT molecular complexity index is 302. The summed E-state index contributed by atoms with van der Waals surface area (Å²) in [5.41, 5.74) is -0.757. The number of hydrogen-bond acceptors (Lipinski definition) is 3. The van der Waals surface area contributed by atoms with Gasteiger partial charge in [-0.15, -0.1) is 0 Å². The molecule has 4 heteroatoms. The van der Waals surface area contributed by atoms with E-state index >= 15 is 0 Å². The minimum Gasteiger partial charge on any atom is -0.467 e. The average molecular weight is 211 g/mol. The number of amides is 1. The van der Waals surface area contributed by atoms with Crippen LogP contribution < -0.4 is 5.32 Å². The molecule has 1 N–H and O–H groups in total. The van der Waals surface area contributed by atoms with Gasteiger partial charge in [-0.25, -0.2) is 0 Å². The van der Waals surface area contributed by atoms with Crippen molar-refractivity contribution in [3.05, 3.63) is 24.2 Å². The summed E-state index contributed by atoms with van der Waals surface area (Å²) in [5.74, 6) is 0.613. The van der Waals surface area contributed by atoms with Crippen LogP contribution in [0.5, 0.6) is 0 Å². The first-order valence-electron chi connectivity index (χ1n) is 4.98. The van der Waals surface area contributed by atoms with E-state index in [1.807, 2.05) is 13.0 Å². The molecule has 0 aliphatic heterocycles. The third-order valence-corrected chi connectivity index (χ3v) is 2.61. The number of carbonyl (C=O) groups is 1. The van der Waals surface area contributed by atoms with Crippen LogP contribution in [0.2, 0.25) is 0 Å². The predicted octanol–water partition coefficient (Wildman–Crippen LogP) is 1.71. The van der Waals surface area contributed by atoms with Crippen LogP contribution in [0.3, 0.4) is 0 Å². The van der Waals surface area contributed by atoms with Crippen molar-refractivity contribution in [3.8, 4) is 0 Å². The first-order valence-corrected chi connectivity index (χ1v) is 4.98. The fourth-order valence-electron chi connectivity index (χ4n) is 1.17. The number of methoxy groups -OCH3 is 1. The van der Waals surface area contributed by atoms with E-state index in [4.69, 9.17) is 9.15 Å².